The van der Waals surface area contributed by atoms with Crippen LogP contribution in [0.1, 0.15) is 24.2 Å². The molecule has 0 saturated carbocycles. The van der Waals surface area contributed by atoms with Crippen molar-refractivity contribution < 1.29 is 19.1 Å². The molecule has 0 spiro atoms. The number of benzene rings is 3. The monoisotopic (exact) mass is 322 g/mol. The standard InChI is InChI=1S/C20H18O4/c1-13(2)24-19(21)12-23-20(22)17-9-5-8-16-10-14-6-3-4-7-15(14)11-18(16)17/h3-11,13H,12H2,1-2H3. The molecule has 3 aromatic carbocycles. The summed E-state index contributed by atoms with van der Waals surface area (Å²) < 4.78 is 10.1. The van der Waals surface area contributed by atoms with E-state index in [0.717, 1.165) is 21.5 Å². The lowest BCUT2D eigenvalue weighted by Gasteiger charge is -2.10. The van der Waals surface area contributed by atoms with Crippen molar-refractivity contribution in [2.45, 2.75) is 20.0 Å². The van der Waals surface area contributed by atoms with Crippen molar-refractivity contribution >= 4 is 33.5 Å². The molecule has 0 fully saturated rings. The summed E-state index contributed by atoms with van der Waals surface area (Å²) in [5, 5.41) is 3.91. The van der Waals surface area contributed by atoms with Gasteiger partial charge in [-0.15, -0.1) is 0 Å². The molecule has 0 atom stereocenters. The highest BCUT2D eigenvalue weighted by Gasteiger charge is 2.15. The number of rotatable bonds is 4. The largest absolute Gasteiger partial charge is 0.460 e. The van der Waals surface area contributed by atoms with Gasteiger partial charge in [0.25, 0.3) is 0 Å². The normalized spacial score (nSPS) is 11.0. The maximum Gasteiger partial charge on any atom is 0.344 e. The maximum absolute atomic E-state index is 12.4. The van der Waals surface area contributed by atoms with Crippen molar-refractivity contribution in [3.05, 3.63) is 60.2 Å². The molecule has 0 aliphatic carbocycles. The van der Waals surface area contributed by atoms with Crippen molar-refractivity contribution in [3.8, 4) is 0 Å². The van der Waals surface area contributed by atoms with E-state index < -0.39 is 11.9 Å². The van der Waals surface area contributed by atoms with E-state index in [1.807, 2.05) is 42.5 Å². The fourth-order valence-corrected chi connectivity index (χ4v) is 2.64. The summed E-state index contributed by atoms with van der Waals surface area (Å²) in [6.45, 7) is 3.10. The molecule has 0 radical (unpaired) electrons. The zero-order valence-electron chi connectivity index (χ0n) is 13.6. The van der Waals surface area contributed by atoms with Gasteiger partial charge in [-0.05, 0) is 53.6 Å². The van der Waals surface area contributed by atoms with Crippen LogP contribution in [0.15, 0.2) is 54.6 Å². The van der Waals surface area contributed by atoms with Crippen molar-refractivity contribution in [2.75, 3.05) is 6.61 Å². The molecule has 0 aromatic heterocycles. The zero-order valence-corrected chi connectivity index (χ0v) is 13.6. The number of ether oxygens (including phenoxy) is 2. The Morgan fingerprint density at radius 3 is 2.29 bits per heavy atom. The summed E-state index contributed by atoms with van der Waals surface area (Å²) in [7, 11) is 0. The lowest BCUT2D eigenvalue weighted by atomic mass is 10.00. The lowest BCUT2D eigenvalue weighted by Crippen LogP contribution is -2.19. The zero-order chi connectivity index (χ0) is 17.1. The van der Waals surface area contributed by atoms with Gasteiger partial charge < -0.3 is 9.47 Å². The Morgan fingerprint density at radius 2 is 1.58 bits per heavy atom. The van der Waals surface area contributed by atoms with Crippen molar-refractivity contribution in [1.29, 1.82) is 0 Å². The molecule has 0 heterocycles. The third-order valence-electron chi connectivity index (χ3n) is 3.65. The van der Waals surface area contributed by atoms with Crippen LogP contribution in [-0.2, 0) is 14.3 Å². The topological polar surface area (TPSA) is 52.6 Å². The first-order chi connectivity index (χ1) is 11.5. The summed E-state index contributed by atoms with van der Waals surface area (Å²) in [5.41, 5.74) is 0.440. The van der Waals surface area contributed by atoms with Crippen LogP contribution in [0.4, 0.5) is 0 Å². The highest BCUT2D eigenvalue weighted by atomic mass is 16.6. The first-order valence-corrected chi connectivity index (χ1v) is 7.83. The number of hydrogen-bond donors (Lipinski definition) is 0. The Bertz CT molecular complexity index is 912. The maximum atomic E-state index is 12.4. The second kappa shape index (κ2) is 6.71. The second-order valence-corrected chi connectivity index (χ2v) is 5.84. The highest BCUT2D eigenvalue weighted by molar-refractivity contribution is 6.09. The minimum atomic E-state index is -0.552. The van der Waals surface area contributed by atoms with E-state index in [-0.39, 0.29) is 12.7 Å². The van der Waals surface area contributed by atoms with Crippen LogP contribution in [0.25, 0.3) is 21.5 Å². The molecule has 24 heavy (non-hydrogen) atoms. The van der Waals surface area contributed by atoms with Gasteiger partial charge in [-0.25, -0.2) is 9.59 Å². The van der Waals surface area contributed by atoms with Gasteiger partial charge in [0, 0.05) is 0 Å². The summed E-state index contributed by atoms with van der Waals surface area (Å²) in [6, 6.07) is 17.4. The summed E-state index contributed by atoms with van der Waals surface area (Å²) in [5.74, 6) is -1.08. The molecule has 3 rings (SSSR count). The molecular weight excluding hydrogens is 304 g/mol. The number of hydrogen-bond acceptors (Lipinski definition) is 4. The molecule has 122 valence electrons. The molecule has 4 nitrogen and oxygen atoms in total. The second-order valence-electron chi connectivity index (χ2n) is 5.84. The van der Waals surface area contributed by atoms with E-state index in [4.69, 9.17) is 9.47 Å². The van der Waals surface area contributed by atoms with Crippen molar-refractivity contribution in [1.82, 2.24) is 0 Å². The van der Waals surface area contributed by atoms with Crippen LogP contribution in [0.2, 0.25) is 0 Å². The molecule has 0 unspecified atom stereocenters. The van der Waals surface area contributed by atoms with E-state index in [1.54, 1.807) is 26.0 Å². The predicted octanol–water partition coefficient (Wildman–Crippen LogP) is 4.10. The number of carbonyl (C=O) groups is 2. The Labute approximate surface area is 140 Å². The van der Waals surface area contributed by atoms with Crippen molar-refractivity contribution in [3.63, 3.8) is 0 Å². The molecule has 3 aromatic rings. The highest BCUT2D eigenvalue weighted by Crippen LogP contribution is 2.26. The molecule has 0 amide bonds. The van der Waals surface area contributed by atoms with Gasteiger partial charge in [0.15, 0.2) is 6.61 Å². The Hall–Kier alpha value is -2.88. The Morgan fingerprint density at radius 1 is 0.917 bits per heavy atom. The number of carbonyl (C=O) groups excluding carboxylic acids is 2. The van der Waals surface area contributed by atoms with Gasteiger partial charge in [0.05, 0.1) is 11.7 Å². The molecular formula is C20H18O4. The smallest absolute Gasteiger partial charge is 0.344 e. The predicted molar refractivity (Wildman–Crippen MR) is 93.0 cm³/mol. The van der Waals surface area contributed by atoms with Crippen LogP contribution in [0.5, 0.6) is 0 Å². The molecule has 0 aliphatic rings. The van der Waals surface area contributed by atoms with Crippen LogP contribution in [-0.4, -0.2) is 24.6 Å². The lowest BCUT2D eigenvalue weighted by molar-refractivity contribution is -0.150. The van der Waals surface area contributed by atoms with E-state index >= 15 is 0 Å². The molecule has 0 saturated heterocycles. The first-order valence-electron chi connectivity index (χ1n) is 7.83. The van der Waals surface area contributed by atoms with Gasteiger partial charge in [0.1, 0.15) is 0 Å². The van der Waals surface area contributed by atoms with Crippen LogP contribution >= 0.6 is 0 Å². The van der Waals surface area contributed by atoms with Crippen LogP contribution < -0.4 is 0 Å². The van der Waals surface area contributed by atoms with E-state index in [2.05, 4.69) is 0 Å². The minimum absolute atomic E-state index is 0.236. The molecule has 0 N–H and O–H groups in total. The van der Waals surface area contributed by atoms with E-state index in [1.165, 1.54) is 0 Å². The first kappa shape index (κ1) is 16.0. The molecule has 0 aliphatic heterocycles. The van der Waals surface area contributed by atoms with E-state index in [0.29, 0.717) is 5.56 Å². The fraction of sp³-hybridized carbons (Fsp3) is 0.200. The third kappa shape index (κ3) is 3.38. The van der Waals surface area contributed by atoms with Gasteiger partial charge in [-0.2, -0.15) is 0 Å². The Balaban J connectivity index is 1.89. The van der Waals surface area contributed by atoms with Gasteiger partial charge >= 0.3 is 11.9 Å². The SMILES string of the molecule is CC(C)OC(=O)COC(=O)c1cccc2cc3ccccc3cc12. The summed E-state index contributed by atoms with van der Waals surface area (Å²) in [4.78, 5) is 23.9. The fourth-order valence-electron chi connectivity index (χ4n) is 2.64. The summed E-state index contributed by atoms with van der Waals surface area (Å²) >= 11 is 0. The third-order valence-corrected chi connectivity index (χ3v) is 3.65. The summed E-state index contributed by atoms with van der Waals surface area (Å²) in [6.07, 6.45) is -0.236. The molecule has 0 bridgehead atoms. The number of esters is 2. The quantitative estimate of drug-likeness (QED) is 0.536. The average molecular weight is 322 g/mol. The van der Waals surface area contributed by atoms with Crippen LogP contribution in [0.3, 0.4) is 0 Å². The minimum Gasteiger partial charge on any atom is -0.460 e. The Kier molecular flexibility index (Phi) is 4.47. The van der Waals surface area contributed by atoms with Gasteiger partial charge in [-0.1, -0.05) is 36.4 Å². The molecule has 4 heteroatoms. The van der Waals surface area contributed by atoms with Crippen LogP contribution in [0, 0.1) is 0 Å². The average Bonchev–Trinajstić information content (AvgIpc) is 2.56. The number of fused-ring (bicyclic) bond motifs is 2. The van der Waals surface area contributed by atoms with Gasteiger partial charge in [0.2, 0.25) is 0 Å². The van der Waals surface area contributed by atoms with Crippen molar-refractivity contribution in [2.24, 2.45) is 0 Å². The van der Waals surface area contributed by atoms with Gasteiger partial charge in [-0.3, -0.25) is 0 Å². The van der Waals surface area contributed by atoms with E-state index in [9.17, 15) is 9.59 Å².